The summed E-state index contributed by atoms with van der Waals surface area (Å²) in [6, 6.07) is 18.6. The summed E-state index contributed by atoms with van der Waals surface area (Å²) in [6.45, 7) is 0. The van der Waals surface area contributed by atoms with E-state index in [1.807, 2.05) is 12.1 Å². The maximum Gasteiger partial charge on any atom is 0.120 e. The number of benzene rings is 2. The third-order valence-corrected chi connectivity index (χ3v) is 3.08. The van der Waals surface area contributed by atoms with Gasteiger partial charge in [0.05, 0.1) is 23.3 Å². The fourth-order valence-electron chi connectivity index (χ4n) is 2.11. The summed E-state index contributed by atoms with van der Waals surface area (Å²) in [7, 11) is 0. The Labute approximate surface area is 121 Å². The molecule has 2 aromatic carbocycles. The average molecular weight is 271 g/mol. The number of aromatic nitrogens is 3. The number of nitrogens with one attached hydrogen (secondary N) is 1. The van der Waals surface area contributed by atoms with E-state index in [1.165, 1.54) is 0 Å². The van der Waals surface area contributed by atoms with Crippen LogP contribution in [0.1, 0.15) is 11.1 Å². The molecule has 3 rings (SSSR count). The van der Waals surface area contributed by atoms with Gasteiger partial charge in [0, 0.05) is 11.1 Å². The molecule has 3 aromatic rings. The Kier molecular flexibility index (Phi) is 3.16. The van der Waals surface area contributed by atoms with Gasteiger partial charge in [0.1, 0.15) is 11.4 Å². The largest absolute Gasteiger partial charge is 0.197 e. The van der Waals surface area contributed by atoms with Crippen LogP contribution in [0.3, 0.4) is 0 Å². The Hall–Kier alpha value is -3.44. The van der Waals surface area contributed by atoms with Crippen molar-refractivity contribution in [1.29, 1.82) is 10.5 Å². The molecule has 0 amide bonds. The molecule has 21 heavy (non-hydrogen) atoms. The van der Waals surface area contributed by atoms with E-state index in [2.05, 4.69) is 27.5 Å². The summed E-state index contributed by atoms with van der Waals surface area (Å²) in [5, 5.41) is 28.9. The van der Waals surface area contributed by atoms with Crippen LogP contribution in [0.15, 0.2) is 48.5 Å². The predicted molar refractivity (Wildman–Crippen MR) is 76.7 cm³/mol. The van der Waals surface area contributed by atoms with Crippen molar-refractivity contribution in [1.82, 2.24) is 15.4 Å². The number of nitrogens with zero attached hydrogens (tertiary/aromatic N) is 4. The van der Waals surface area contributed by atoms with Crippen molar-refractivity contribution >= 4 is 0 Å². The summed E-state index contributed by atoms with van der Waals surface area (Å²) in [6.07, 6.45) is 0. The van der Waals surface area contributed by atoms with Gasteiger partial charge in [0.2, 0.25) is 0 Å². The highest BCUT2D eigenvalue weighted by Gasteiger charge is 2.13. The Morgan fingerprint density at radius 3 is 1.67 bits per heavy atom. The van der Waals surface area contributed by atoms with Crippen LogP contribution in [0, 0.1) is 22.7 Å². The third kappa shape index (κ3) is 2.36. The molecule has 0 radical (unpaired) electrons. The first-order chi connectivity index (χ1) is 10.3. The van der Waals surface area contributed by atoms with Crippen LogP contribution in [0.4, 0.5) is 0 Å². The normalized spacial score (nSPS) is 9.81. The van der Waals surface area contributed by atoms with Crippen molar-refractivity contribution in [2.75, 3.05) is 0 Å². The number of hydrogen-bond donors (Lipinski definition) is 1. The molecular formula is C16H9N5. The standard InChI is InChI=1S/C16H9N5/c17-9-11-3-1-5-13(7-11)15-16(20-21-19-15)14-6-2-4-12(8-14)10-18/h1-8H,(H,19,20,21). The Balaban J connectivity index is 2.13. The summed E-state index contributed by atoms with van der Waals surface area (Å²) in [4.78, 5) is 0. The number of aromatic amines is 1. The van der Waals surface area contributed by atoms with Gasteiger partial charge in [-0.05, 0) is 24.3 Å². The average Bonchev–Trinajstić information content (AvgIpc) is 3.04. The molecule has 0 aliphatic rings. The lowest BCUT2D eigenvalue weighted by Crippen LogP contribution is -1.86. The molecule has 0 bridgehead atoms. The van der Waals surface area contributed by atoms with Gasteiger partial charge in [0.25, 0.3) is 0 Å². The molecule has 0 atom stereocenters. The quantitative estimate of drug-likeness (QED) is 0.776. The van der Waals surface area contributed by atoms with E-state index < -0.39 is 0 Å². The topological polar surface area (TPSA) is 89.2 Å². The molecule has 5 heteroatoms. The maximum atomic E-state index is 8.98. The molecule has 98 valence electrons. The zero-order chi connectivity index (χ0) is 14.7. The molecule has 0 spiro atoms. The van der Waals surface area contributed by atoms with Crippen molar-refractivity contribution in [2.24, 2.45) is 0 Å². The minimum atomic E-state index is 0.562. The van der Waals surface area contributed by atoms with Gasteiger partial charge in [-0.25, -0.2) is 0 Å². The summed E-state index contributed by atoms with van der Waals surface area (Å²) >= 11 is 0. The fraction of sp³-hybridized carbons (Fsp3) is 0. The van der Waals surface area contributed by atoms with E-state index in [1.54, 1.807) is 36.4 Å². The molecule has 0 fully saturated rings. The van der Waals surface area contributed by atoms with Gasteiger partial charge in [-0.1, -0.05) is 24.3 Å². The van der Waals surface area contributed by atoms with Crippen LogP contribution >= 0.6 is 0 Å². The second-order valence-electron chi connectivity index (χ2n) is 4.41. The van der Waals surface area contributed by atoms with E-state index in [9.17, 15) is 0 Å². The number of nitriles is 2. The second kappa shape index (κ2) is 5.28. The molecule has 1 aromatic heterocycles. The van der Waals surface area contributed by atoms with Crippen molar-refractivity contribution in [2.45, 2.75) is 0 Å². The monoisotopic (exact) mass is 271 g/mol. The zero-order valence-electron chi connectivity index (χ0n) is 10.9. The van der Waals surface area contributed by atoms with E-state index in [4.69, 9.17) is 10.5 Å². The number of H-pyrrole nitrogens is 1. The van der Waals surface area contributed by atoms with Crippen molar-refractivity contribution in [3.05, 3.63) is 59.7 Å². The van der Waals surface area contributed by atoms with Crippen molar-refractivity contribution in [3.63, 3.8) is 0 Å². The van der Waals surface area contributed by atoms with Gasteiger partial charge in [-0.3, -0.25) is 0 Å². The molecule has 0 unspecified atom stereocenters. The van der Waals surface area contributed by atoms with Gasteiger partial charge >= 0.3 is 0 Å². The Morgan fingerprint density at radius 1 is 0.762 bits per heavy atom. The smallest absolute Gasteiger partial charge is 0.120 e. The van der Waals surface area contributed by atoms with Gasteiger partial charge in [-0.2, -0.15) is 25.9 Å². The van der Waals surface area contributed by atoms with Gasteiger partial charge in [0.15, 0.2) is 0 Å². The number of rotatable bonds is 2. The van der Waals surface area contributed by atoms with Crippen molar-refractivity contribution < 1.29 is 0 Å². The van der Waals surface area contributed by atoms with Crippen molar-refractivity contribution in [3.8, 4) is 34.7 Å². The molecule has 0 aliphatic carbocycles. The van der Waals surface area contributed by atoms with Crippen LogP contribution in [0.25, 0.3) is 22.5 Å². The van der Waals surface area contributed by atoms with Crippen LogP contribution in [0.2, 0.25) is 0 Å². The third-order valence-electron chi connectivity index (χ3n) is 3.08. The molecule has 1 heterocycles. The summed E-state index contributed by atoms with van der Waals surface area (Å²) in [5.41, 5.74) is 4.05. The van der Waals surface area contributed by atoms with Gasteiger partial charge in [-0.15, -0.1) is 0 Å². The SMILES string of the molecule is N#Cc1cccc(-c2n[nH]nc2-c2cccc(C#N)c2)c1. The minimum Gasteiger partial charge on any atom is -0.197 e. The first-order valence-electron chi connectivity index (χ1n) is 6.23. The van der Waals surface area contributed by atoms with Gasteiger partial charge < -0.3 is 0 Å². The van der Waals surface area contributed by atoms with E-state index in [-0.39, 0.29) is 0 Å². The zero-order valence-corrected chi connectivity index (χ0v) is 10.9. The summed E-state index contributed by atoms with van der Waals surface area (Å²) < 4.78 is 0. The predicted octanol–water partition coefficient (Wildman–Crippen LogP) is 2.88. The molecule has 0 saturated carbocycles. The van der Waals surface area contributed by atoms with Crippen LogP contribution in [-0.2, 0) is 0 Å². The van der Waals surface area contributed by atoms with Crippen LogP contribution in [-0.4, -0.2) is 15.4 Å². The lowest BCUT2D eigenvalue weighted by molar-refractivity contribution is 0.944. The van der Waals surface area contributed by atoms with E-state index >= 15 is 0 Å². The Bertz CT molecular complexity index is 808. The highest BCUT2D eigenvalue weighted by Crippen LogP contribution is 2.28. The van der Waals surface area contributed by atoms with E-state index in [0.29, 0.717) is 22.5 Å². The summed E-state index contributed by atoms with van der Waals surface area (Å²) in [5.74, 6) is 0. The fourth-order valence-corrected chi connectivity index (χ4v) is 2.11. The lowest BCUT2D eigenvalue weighted by atomic mass is 10.0. The first-order valence-corrected chi connectivity index (χ1v) is 6.23. The first kappa shape index (κ1) is 12.6. The Morgan fingerprint density at radius 2 is 1.24 bits per heavy atom. The molecular weight excluding hydrogens is 262 g/mol. The van der Waals surface area contributed by atoms with Crippen LogP contribution in [0.5, 0.6) is 0 Å². The molecule has 5 nitrogen and oxygen atoms in total. The lowest BCUT2D eigenvalue weighted by Gasteiger charge is -2.02. The molecule has 0 aliphatic heterocycles. The second-order valence-corrected chi connectivity index (χ2v) is 4.41. The van der Waals surface area contributed by atoms with Crippen LogP contribution < -0.4 is 0 Å². The maximum absolute atomic E-state index is 8.98. The van der Waals surface area contributed by atoms with E-state index in [0.717, 1.165) is 11.1 Å². The highest BCUT2D eigenvalue weighted by atomic mass is 15.3. The minimum absolute atomic E-state index is 0.562. The highest BCUT2D eigenvalue weighted by molar-refractivity contribution is 5.78. The molecule has 0 saturated heterocycles. The number of hydrogen-bond acceptors (Lipinski definition) is 4. The molecule has 1 N–H and O–H groups in total.